The van der Waals surface area contributed by atoms with Crippen molar-refractivity contribution in [3.05, 3.63) is 11.8 Å². The maximum atomic E-state index is 12.1. The van der Waals surface area contributed by atoms with Crippen LogP contribution in [0.5, 0.6) is 0 Å². The van der Waals surface area contributed by atoms with E-state index in [1.807, 2.05) is 13.8 Å². The minimum Gasteiger partial charge on any atom is -0.418 e. The van der Waals surface area contributed by atoms with Gasteiger partial charge in [0.15, 0.2) is 0 Å². The van der Waals surface area contributed by atoms with E-state index < -0.39 is 0 Å². The summed E-state index contributed by atoms with van der Waals surface area (Å²) < 4.78 is 5.37. The first-order valence-corrected chi connectivity index (χ1v) is 6.10. The number of oxime groups is 1. The third-order valence-corrected chi connectivity index (χ3v) is 2.79. The van der Waals surface area contributed by atoms with E-state index >= 15 is 0 Å². The van der Waals surface area contributed by atoms with Crippen LogP contribution >= 0.6 is 0 Å². The number of carbonyl (C=O) groups is 1. The second-order valence-corrected chi connectivity index (χ2v) is 4.79. The summed E-state index contributed by atoms with van der Waals surface area (Å²) in [7, 11) is 1.40. The van der Waals surface area contributed by atoms with Gasteiger partial charge in [-0.1, -0.05) is 19.0 Å². The first kappa shape index (κ1) is 12.7. The SMILES string of the molecule is CON=C(C(=O)c1nnc(CC2CC2)o1)C(C)C. The van der Waals surface area contributed by atoms with Crippen molar-refractivity contribution in [2.45, 2.75) is 33.1 Å². The Morgan fingerprint density at radius 2 is 2.22 bits per heavy atom. The lowest BCUT2D eigenvalue weighted by Crippen LogP contribution is -2.21. The van der Waals surface area contributed by atoms with Crippen LogP contribution in [0.25, 0.3) is 0 Å². The van der Waals surface area contributed by atoms with Crippen LogP contribution in [0.4, 0.5) is 0 Å². The Morgan fingerprint density at radius 1 is 1.50 bits per heavy atom. The smallest absolute Gasteiger partial charge is 0.290 e. The fraction of sp³-hybridized carbons (Fsp3) is 0.667. The second kappa shape index (κ2) is 5.29. The summed E-state index contributed by atoms with van der Waals surface area (Å²) in [4.78, 5) is 16.8. The molecule has 1 aromatic heterocycles. The lowest BCUT2D eigenvalue weighted by molar-refractivity contribution is 0.102. The van der Waals surface area contributed by atoms with Gasteiger partial charge >= 0.3 is 0 Å². The summed E-state index contributed by atoms with van der Waals surface area (Å²) in [5.41, 5.74) is 0.291. The molecule has 0 N–H and O–H groups in total. The Labute approximate surface area is 105 Å². The highest BCUT2D eigenvalue weighted by atomic mass is 16.6. The van der Waals surface area contributed by atoms with E-state index in [9.17, 15) is 4.79 Å². The summed E-state index contributed by atoms with van der Waals surface area (Å²) in [6, 6.07) is 0. The third kappa shape index (κ3) is 2.94. The summed E-state index contributed by atoms with van der Waals surface area (Å²) >= 11 is 0. The minimum absolute atomic E-state index is 0.00449. The predicted octanol–water partition coefficient (Wildman–Crippen LogP) is 1.86. The van der Waals surface area contributed by atoms with Gasteiger partial charge in [0, 0.05) is 12.3 Å². The molecule has 0 saturated heterocycles. The predicted molar refractivity (Wildman–Crippen MR) is 64.3 cm³/mol. The van der Waals surface area contributed by atoms with Gasteiger partial charge in [0.2, 0.25) is 5.89 Å². The third-order valence-electron chi connectivity index (χ3n) is 2.79. The fourth-order valence-electron chi connectivity index (χ4n) is 1.61. The molecule has 1 aliphatic rings. The average Bonchev–Trinajstić information content (AvgIpc) is 3.01. The van der Waals surface area contributed by atoms with E-state index in [2.05, 4.69) is 20.2 Å². The molecule has 1 heterocycles. The Hall–Kier alpha value is -1.72. The molecule has 0 atom stereocenters. The number of carbonyl (C=O) groups excluding carboxylic acids is 1. The maximum Gasteiger partial charge on any atom is 0.290 e. The molecule has 18 heavy (non-hydrogen) atoms. The molecular formula is C12H17N3O3. The van der Waals surface area contributed by atoms with Gasteiger partial charge < -0.3 is 9.25 Å². The molecule has 6 nitrogen and oxygen atoms in total. The van der Waals surface area contributed by atoms with E-state index in [-0.39, 0.29) is 17.6 Å². The highest BCUT2D eigenvalue weighted by Crippen LogP contribution is 2.32. The summed E-state index contributed by atoms with van der Waals surface area (Å²) in [5.74, 6) is 0.750. The largest absolute Gasteiger partial charge is 0.418 e. The molecule has 1 fully saturated rings. The zero-order valence-corrected chi connectivity index (χ0v) is 10.8. The fourth-order valence-corrected chi connectivity index (χ4v) is 1.61. The van der Waals surface area contributed by atoms with Crippen molar-refractivity contribution < 1.29 is 14.0 Å². The highest BCUT2D eigenvalue weighted by Gasteiger charge is 2.27. The Kier molecular flexibility index (Phi) is 3.74. The van der Waals surface area contributed by atoms with Crippen molar-refractivity contribution in [1.29, 1.82) is 0 Å². The van der Waals surface area contributed by atoms with Gasteiger partial charge in [-0.05, 0) is 18.8 Å². The number of hydrogen-bond donors (Lipinski definition) is 0. The number of nitrogens with zero attached hydrogens (tertiary/aromatic N) is 3. The monoisotopic (exact) mass is 251 g/mol. The van der Waals surface area contributed by atoms with Gasteiger partial charge in [-0.3, -0.25) is 4.79 Å². The molecule has 0 aliphatic heterocycles. The molecule has 1 aromatic rings. The topological polar surface area (TPSA) is 77.6 Å². The number of Topliss-reactive ketones (excluding diaryl/α,β-unsaturated/α-hetero) is 1. The lowest BCUT2D eigenvalue weighted by Gasteiger charge is -2.04. The normalized spacial score (nSPS) is 16.1. The van der Waals surface area contributed by atoms with Crippen molar-refractivity contribution in [2.24, 2.45) is 17.0 Å². The molecule has 0 amide bonds. The maximum absolute atomic E-state index is 12.1. The molecular weight excluding hydrogens is 234 g/mol. The van der Waals surface area contributed by atoms with Gasteiger partial charge in [-0.25, -0.2) is 0 Å². The van der Waals surface area contributed by atoms with Crippen molar-refractivity contribution >= 4 is 11.5 Å². The van der Waals surface area contributed by atoms with Gasteiger partial charge in [-0.2, -0.15) is 0 Å². The molecule has 1 aliphatic carbocycles. The number of hydrogen-bond acceptors (Lipinski definition) is 6. The zero-order valence-electron chi connectivity index (χ0n) is 10.8. The van der Waals surface area contributed by atoms with Crippen LogP contribution in [0, 0.1) is 11.8 Å². The van der Waals surface area contributed by atoms with Crippen LogP contribution in [-0.2, 0) is 11.3 Å². The Balaban J connectivity index is 2.11. The van der Waals surface area contributed by atoms with E-state index in [1.165, 1.54) is 20.0 Å². The van der Waals surface area contributed by atoms with Crippen molar-refractivity contribution in [3.8, 4) is 0 Å². The molecule has 98 valence electrons. The summed E-state index contributed by atoms with van der Waals surface area (Å²) in [6.45, 7) is 3.72. The van der Waals surface area contributed by atoms with E-state index in [0.29, 0.717) is 17.5 Å². The highest BCUT2D eigenvalue weighted by molar-refractivity contribution is 6.45. The second-order valence-electron chi connectivity index (χ2n) is 4.79. The molecule has 2 rings (SSSR count). The van der Waals surface area contributed by atoms with E-state index in [4.69, 9.17) is 4.42 Å². The van der Waals surface area contributed by atoms with Crippen LogP contribution in [0.15, 0.2) is 9.57 Å². The summed E-state index contributed by atoms with van der Waals surface area (Å²) in [5, 5.41) is 11.4. The molecule has 0 spiro atoms. The van der Waals surface area contributed by atoms with E-state index in [0.717, 1.165) is 6.42 Å². The van der Waals surface area contributed by atoms with E-state index in [1.54, 1.807) is 0 Å². The van der Waals surface area contributed by atoms with Crippen molar-refractivity contribution in [1.82, 2.24) is 10.2 Å². The minimum atomic E-state index is -0.360. The lowest BCUT2D eigenvalue weighted by atomic mass is 10.0. The molecule has 0 aromatic carbocycles. The standard InChI is InChI=1S/C12H17N3O3/c1-7(2)10(15-17-3)11(16)12-14-13-9(18-12)6-8-4-5-8/h7-8H,4-6H2,1-3H3. The number of rotatable bonds is 6. The molecule has 6 heteroatoms. The summed E-state index contributed by atoms with van der Waals surface area (Å²) in [6.07, 6.45) is 3.17. The van der Waals surface area contributed by atoms with Crippen LogP contribution in [0.3, 0.4) is 0 Å². The number of ketones is 1. The zero-order chi connectivity index (χ0) is 13.1. The van der Waals surface area contributed by atoms with Crippen LogP contribution in [0.1, 0.15) is 43.3 Å². The number of aromatic nitrogens is 2. The molecule has 0 unspecified atom stereocenters. The quantitative estimate of drug-likeness (QED) is 0.438. The van der Waals surface area contributed by atoms with Crippen LogP contribution < -0.4 is 0 Å². The Bertz CT molecular complexity index is 461. The first-order chi connectivity index (χ1) is 8.61. The van der Waals surface area contributed by atoms with Crippen LogP contribution in [0.2, 0.25) is 0 Å². The molecule has 0 bridgehead atoms. The first-order valence-electron chi connectivity index (χ1n) is 6.10. The van der Waals surface area contributed by atoms with Gasteiger partial charge in [-0.15, -0.1) is 10.2 Å². The van der Waals surface area contributed by atoms with Crippen molar-refractivity contribution in [3.63, 3.8) is 0 Å². The Morgan fingerprint density at radius 3 is 2.78 bits per heavy atom. The molecule has 1 saturated carbocycles. The van der Waals surface area contributed by atoms with Gasteiger partial charge in [0.25, 0.3) is 11.7 Å². The van der Waals surface area contributed by atoms with Gasteiger partial charge in [0.1, 0.15) is 12.8 Å². The van der Waals surface area contributed by atoms with Crippen molar-refractivity contribution in [2.75, 3.05) is 7.11 Å². The average molecular weight is 251 g/mol. The van der Waals surface area contributed by atoms with Gasteiger partial charge in [0.05, 0.1) is 0 Å². The molecule has 0 radical (unpaired) electrons. The van der Waals surface area contributed by atoms with Crippen LogP contribution in [-0.4, -0.2) is 28.8 Å².